The van der Waals surface area contributed by atoms with E-state index < -0.39 is 11.8 Å². The standard InChI is InChI=1S/C22H24ClN5O2/c1-27-10-12-28(13-11-27)19-6-2-16(3-7-19)8-9-25-21(29)22(30)26-20-14-18(23)5-4-17(20)15-24/h2-7,14H,8-13H2,1H3,(H,25,29)(H,26,30). The van der Waals surface area contributed by atoms with Crippen LogP contribution < -0.4 is 15.5 Å². The van der Waals surface area contributed by atoms with E-state index in [1.165, 1.54) is 17.8 Å². The van der Waals surface area contributed by atoms with Crippen LogP contribution in [0.15, 0.2) is 42.5 Å². The van der Waals surface area contributed by atoms with Gasteiger partial charge in [0.2, 0.25) is 0 Å². The largest absolute Gasteiger partial charge is 0.369 e. The van der Waals surface area contributed by atoms with Gasteiger partial charge in [0.15, 0.2) is 0 Å². The van der Waals surface area contributed by atoms with Crippen molar-refractivity contribution in [2.75, 3.05) is 50.0 Å². The molecule has 1 fully saturated rings. The van der Waals surface area contributed by atoms with E-state index in [0.717, 1.165) is 31.7 Å². The summed E-state index contributed by atoms with van der Waals surface area (Å²) in [5.74, 6) is -1.59. The number of nitriles is 1. The highest BCUT2D eigenvalue weighted by atomic mass is 35.5. The molecule has 2 amide bonds. The summed E-state index contributed by atoms with van der Waals surface area (Å²) >= 11 is 5.89. The maximum absolute atomic E-state index is 12.1. The molecule has 0 bridgehead atoms. The molecule has 0 saturated carbocycles. The van der Waals surface area contributed by atoms with Crippen molar-refractivity contribution in [3.63, 3.8) is 0 Å². The second kappa shape index (κ2) is 10.1. The SMILES string of the molecule is CN1CCN(c2ccc(CCNC(=O)C(=O)Nc3cc(Cl)ccc3C#N)cc2)CC1. The van der Waals surface area contributed by atoms with Gasteiger partial charge in [0.05, 0.1) is 11.3 Å². The first-order chi connectivity index (χ1) is 14.5. The van der Waals surface area contributed by atoms with Gasteiger partial charge in [-0.05, 0) is 49.4 Å². The summed E-state index contributed by atoms with van der Waals surface area (Å²) in [5, 5.41) is 14.5. The Bertz CT molecular complexity index is 947. The Kier molecular flexibility index (Phi) is 7.28. The molecule has 0 radical (unpaired) electrons. The van der Waals surface area contributed by atoms with Crippen LogP contribution in [0.3, 0.4) is 0 Å². The van der Waals surface area contributed by atoms with Crippen LogP contribution in [0.2, 0.25) is 5.02 Å². The van der Waals surface area contributed by atoms with Gasteiger partial charge in [0.1, 0.15) is 6.07 Å². The van der Waals surface area contributed by atoms with Gasteiger partial charge >= 0.3 is 11.8 Å². The van der Waals surface area contributed by atoms with Crippen LogP contribution in [0.4, 0.5) is 11.4 Å². The molecular weight excluding hydrogens is 402 g/mol. The molecule has 30 heavy (non-hydrogen) atoms. The molecule has 0 aromatic heterocycles. The van der Waals surface area contributed by atoms with Gasteiger partial charge in [-0.25, -0.2) is 0 Å². The smallest absolute Gasteiger partial charge is 0.313 e. The fourth-order valence-corrected chi connectivity index (χ4v) is 3.41. The average molecular weight is 426 g/mol. The molecule has 156 valence electrons. The summed E-state index contributed by atoms with van der Waals surface area (Å²) in [7, 11) is 2.13. The molecule has 0 unspecified atom stereocenters. The number of carbonyl (C=O) groups is 2. The van der Waals surface area contributed by atoms with E-state index in [1.807, 2.05) is 18.2 Å². The van der Waals surface area contributed by atoms with Crippen molar-refractivity contribution in [2.24, 2.45) is 0 Å². The fraction of sp³-hybridized carbons (Fsp3) is 0.318. The van der Waals surface area contributed by atoms with Crippen molar-refractivity contribution in [3.8, 4) is 6.07 Å². The van der Waals surface area contributed by atoms with Crippen LogP contribution in [0.25, 0.3) is 0 Å². The van der Waals surface area contributed by atoms with Crippen LogP contribution in [0, 0.1) is 11.3 Å². The molecule has 8 heteroatoms. The minimum atomic E-state index is -0.834. The first kappa shape index (κ1) is 21.6. The van der Waals surface area contributed by atoms with E-state index in [2.05, 4.69) is 39.6 Å². The zero-order chi connectivity index (χ0) is 21.5. The number of piperazine rings is 1. The summed E-state index contributed by atoms with van der Waals surface area (Å²) in [6, 6.07) is 14.7. The van der Waals surface area contributed by atoms with E-state index in [0.29, 0.717) is 18.0 Å². The van der Waals surface area contributed by atoms with Gasteiger partial charge in [-0.2, -0.15) is 5.26 Å². The first-order valence-corrected chi connectivity index (χ1v) is 10.2. The zero-order valence-electron chi connectivity index (χ0n) is 16.8. The summed E-state index contributed by atoms with van der Waals surface area (Å²) in [6.45, 7) is 4.48. The predicted octanol–water partition coefficient (Wildman–Crippen LogP) is 2.26. The van der Waals surface area contributed by atoms with Crippen molar-refractivity contribution in [1.29, 1.82) is 5.26 Å². The van der Waals surface area contributed by atoms with E-state index >= 15 is 0 Å². The molecule has 7 nitrogen and oxygen atoms in total. The highest BCUT2D eigenvalue weighted by molar-refractivity contribution is 6.40. The quantitative estimate of drug-likeness (QED) is 0.717. The number of hydrogen-bond donors (Lipinski definition) is 2. The van der Waals surface area contributed by atoms with E-state index in [9.17, 15) is 9.59 Å². The van der Waals surface area contributed by atoms with Gasteiger partial charge < -0.3 is 20.4 Å². The van der Waals surface area contributed by atoms with Gasteiger partial charge in [0.25, 0.3) is 0 Å². The molecule has 1 aliphatic rings. The first-order valence-electron chi connectivity index (χ1n) is 9.77. The number of hydrogen-bond acceptors (Lipinski definition) is 5. The second-order valence-corrected chi connectivity index (χ2v) is 7.65. The van der Waals surface area contributed by atoms with Crippen LogP contribution in [0.1, 0.15) is 11.1 Å². The average Bonchev–Trinajstić information content (AvgIpc) is 2.75. The molecule has 0 aliphatic carbocycles. The third-order valence-electron chi connectivity index (χ3n) is 5.06. The number of anilines is 2. The lowest BCUT2D eigenvalue weighted by molar-refractivity contribution is -0.136. The van der Waals surface area contributed by atoms with Gasteiger partial charge in [-0.15, -0.1) is 0 Å². The molecule has 3 rings (SSSR count). The highest BCUT2D eigenvalue weighted by Crippen LogP contribution is 2.20. The van der Waals surface area contributed by atoms with E-state index in [4.69, 9.17) is 16.9 Å². The van der Waals surface area contributed by atoms with Crippen LogP contribution in [0.5, 0.6) is 0 Å². The number of benzene rings is 2. The maximum Gasteiger partial charge on any atom is 0.313 e. The fourth-order valence-electron chi connectivity index (χ4n) is 3.24. The van der Waals surface area contributed by atoms with Crippen LogP contribution >= 0.6 is 11.6 Å². The number of rotatable bonds is 5. The lowest BCUT2D eigenvalue weighted by atomic mass is 10.1. The molecule has 0 spiro atoms. The molecular formula is C22H24ClN5O2. The zero-order valence-corrected chi connectivity index (χ0v) is 17.6. The number of nitrogens with zero attached hydrogens (tertiary/aromatic N) is 3. The Morgan fingerprint density at radius 3 is 2.43 bits per heavy atom. The second-order valence-electron chi connectivity index (χ2n) is 7.22. The predicted molar refractivity (Wildman–Crippen MR) is 118 cm³/mol. The molecule has 1 saturated heterocycles. The highest BCUT2D eigenvalue weighted by Gasteiger charge is 2.16. The Morgan fingerprint density at radius 2 is 1.77 bits per heavy atom. The van der Waals surface area contributed by atoms with Crippen LogP contribution in [-0.2, 0) is 16.0 Å². The summed E-state index contributed by atoms with van der Waals surface area (Å²) < 4.78 is 0. The lowest BCUT2D eigenvalue weighted by Crippen LogP contribution is -2.44. The van der Waals surface area contributed by atoms with Crippen molar-refractivity contribution >= 4 is 34.8 Å². The lowest BCUT2D eigenvalue weighted by Gasteiger charge is -2.34. The van der Waals surface area contributed by atoms with Gasteiger partial charge in [-0.1, -0.05) is 23.7 Å². The molecule has 2 aromatic rings. The Balaban J connectivity index is 1.47. The maximum atomic E-state index is 12.1. The third-order valence-corrected chi connectivity index (χ3v) is 5.30. The topological polar surface area (TPSA) is 88.5 Å². The Labute approximate surface area is 181 Å². The number of likely N-dealkylation sites (N-methyl/N-ethyl adjacent to an activating group) is 1. The minimum Gasteiger partial charge on any atom is -0.369 e. The Morgan fingerprint density at radius 1 is 1.07 bits per heavy atom. The number of carbonyl (C=O) groups excluding carboxylic acids is 2. The summed E-state index contributed by atoms with van der Waals surface area (Å²) in [6.07, 6.45) is 0.614. The van der Waals surface area contributed by atoms with Crippen molar-refractivity contribution in [2.45, 2.75) is 6.42 Å². The van der Waals surface area contributed by atoms with Gasteiger partial charge in [-0.3, -0.25) is 9.59 Å². The van der Waals surface area contributed by atoms with Gasteiger partial charge in [0, 0.05) is 43.4 Å². The monoisotopic (exact) mass is 425 g/mol. The normalized spacial score (nSPS) is 14.1. The molecule has 1 aliphatic heterocycles. The van der Waals surface area contributed by atoms with Crippen molar-refractivity contribution < 1.29 is 9.59 Å². The number of amides is 2. The molecule has 2 N–H and O–H groups in total. The number of nitrogens with one attached hydrogen (secondary N) is 2. The van der Waals surface area contributed by atoms with E-state index in [1.54, 1.807) is 6.07 Å². The molecule has 2 aromatic carbocycles. The van der Waals surface area contributed by atoms with Crippen molar-refractivity contribution in [3.05, 3.63) is 58.6 Å². The minimum absolute atomic E-state index is 0.213. The Hall–Kier alpha value is -3.08. The van der Waals surface area contributed by atoms with Crippen molar-refractivity contribution in [1.82, 2.24) is 10.2 Å². The summed E-state index contributed by atoms with van der Waals surface area (Å²) in [4.78, 5) is 28.8. The molecule has 1 heterocycles. The molecule has 0 atom stereocenters. The van der Waals surface area contributed by atoms with Crippen LogP contribution in [-0.4, -0.2) is 56.5 Å². The number of halogens is 1. The third kappa shape index (κ3) is 5.72. The van der Waals surface area contributed by atoms with E-state index in [-0.39, 0.29) is 11.3 Å². The summed E-state index contributed by atoms with van der Waals surface area (Å²) in [5.41, 5.74) is 2.73.